The number of carbonyl (C=O) groups is 1. The molecule has 78 valence electrons. The summed E-state index contributed by atoms with van der Waals surface area (Å²) < 4.78 is 4.88. The SMILES string of the molecule is C#CCNc1ncccc1C(=O)OCC. The van der Waals surface area contributed by atoms with Crippen LogP contribution in [-0.4, -0.2) is 24.1 Å². The van der Waals surface area contributed by atoms with E-state index in [-0.39, 0.29) is 0 Å². The van der Waals surface area contributed by atoms with Gasteiger partial charge in [0.05, 0.1) is 13.2 Å². The summed E-state index contributed by atoms with van der Waals surface area (Å²) in [5, 5.41) is 2.85. The molecule has 0 fully saturated rings. The van der Waals surface area contributed by atoms with Crippen LogP contribution in [0.1, 0.15) is 17.3 Å². The van der Waals surface area contributed by atoms with Gasteiger partial charge in [-0.3, -0.25) is 0 Å². The largest absolute Gasteiger partial charge is 0.462 e. The number of ether oxygens (including phenoxy) is 1. The average molecular weight is 204 g/mol. The van der Waals surface area contributed by atoms with E-state index in [0.29, 0.717) is 24.5 Å². The van der Waals surface area contributed by atoms with Crippen molar-refractivity contribution in [3.8, 4) is 12.3 Å². The van der Waals surface area contributed by atoms with Crippen LogP contribution in [0.3, 0.4) is 0 Å². The lowest BCUT2D eigenvalue weighted by Crippen LogP contribution is -2.11. The van der Waals surface area contributed by atoms with Gasteiger partial charge in [0.25, 0.3) is 0 Å². The molecule has 1 heterocycles. The number of hydrogen-bond acceptors (Lipinski definition) is 4. The van der Waals surface area contributed by atoms with Gasteiger partial charge in [0.2, 0.25) is 0 Å². The molecule has 0 saturated heterocycles. The zero-order valence-electron chi connectivity index (χ0n) is 8.49. The van der Waals surface area contributed by atoms with Gasteiger partial charge in [-0.2, -0.15) is 0 Å². The number of carbonyl (C=O) groups excluding carboxylic acids is 1. The van der Waals surface area contributed by atoms with Crippen LogP contribution >= 0.6 is 0 Å². The number of nitrogens with one attached hydrogen (secondary N) is 1. The van der Waals surface area contributed by atoms with E-state index in [2.05, 4.69) is 16.2 Å². The average Bonchev–Trinajstić information content (AvgIpc) is 2.27. The van der Waals surface area contributed by atoms with Crippen LogP contribution < -0.4 is 5.32 Å². The molecule has 0 saturated carbocycles. The number of hydrogen-bond donors (Lipinski definition) is 1. The van der Waals surface area contributed by atoms with Crippen LogP contribution in [0.5, 0.6) is 0 Å². The maximum absolute atomic E-state index is 11.5. The molecule has 1 rings (SSSR count). The highest BCUT2D eigenvalue weighted by atomic mass is 16.5. The van der Waals surface area contributed by atoms with Crippen molar-refractivity contribution in [2.45, 2.75) is 6.92 Å². The fraction of sp³-hybridized carbons (Fsp3) is 0.273. The number of esters is 1. The Morgan fingerprint density at radius 1 is 1.73 bits per heavy atom. The van der Waals surface area contributed by atoms with Crippen molar-refractivity contribution >= 4 is 11.8 Å². The lowest BCUT2D eigenvalue weighted by Gasteiger charge is -2.07. The molecule has 0 aromatic carbocycles. The lowest BCUT2D eigenvalue weighted by molar-refractivity contribution is 0.0527. The number of nitrogens with zero attached hydrogens (tertiary/aromatic N) is 1. The van der Waals surface area contributed by atoms with Gasteiger partial charge >= 0.3 is 5.97 Å². The maximum atomic E-state index is 11.5. The van der Waals surface area contributed by atoms with Crippen molar-refractivity contribution < 1.29 is 9.53 Å². The van der Waals surface area contributed by atoms with Crippen LogP contribution in [0.2, 0.25) is 0 Å². The predicted octanol–water partition coefficient (Wildman–Crippen LogP) is 1.30. The summed E-state index contributed by atoms with van der Waals surface area (Å²) in [6.07, 6.45) is 6.69. The standard InChI is InChI=1S/C11H12N2O2/c1-3-7-12-10-9(6-5-8-13-10)11(14)15-4-2/h1,5-6,8H,4,7H2,2H3,(H,12,13). The van der Waals surface area contributed by atoms with Crippen LogP contribution in [-0.2, 0) is 4.74 Å². The molecular weight excluding hydrogens is 192 g/mol. The molecule has 0 radical (unpaired) electrons. The zero-order chi connectivity index (χ0) is 11.1. The minimum atomic E-state index is -0.398. The molecule has 1 aromatic heterocycles. The molecule has 15 heavy (non-hydrogen) atoms. The first kappa shape index (κ1) is 11.1. The van der Waals surface area contributed by atoms with E-state index in [1.54, 1.807) is 25.3 Å². The summed E-state index contributed by atoms with van der Waals surface area (Å²) in [4.78, 5) is 15.5. The third kappa shape index (κ3) is 2.99. The van der Waals surface area contributed by atoms with Crippen LogP contribution in [0.25, 0.3) is 0 Å². The highest BCUT2D eigenvalue weighted by Crippen LogP contribution is 2.12. The van der Waals surface area contributed by atoms with Gasteiger partial charge in [0.15, 0.2) is 0 Å². The van der Waals surface area contributed by atoms with Crippen LogP contribution in [0.4, 0.5) is 5.82 Å². The minimum Gasteiger partial charge on any atom is -0.462 e. The first-order valence-electron chi connectivity index (χ1n) is 4.59. The topological polar surface area (TPSA) is 51.2 Å². The maximum Gasteiger partial charge on any atom is 0.341 e. The summed E-state index contributed by atoms with van der Waals surface area (Å²) in [5.41, 5.74) is 0.398. The second-order valence-corrected chi connectivity index (χ2v) is 2.68. The van der Waals surface area contributed by atoms with Gasteiger partial charge in [-0.05, 0) is 19.1 Å². The molecule has 0 unspecified atom stereocenters. The fourth-order valence-corrected chi connectivity index (χ4v) is 1.05. The molecule has 1 aromatic rings. The summed E-state index contributed by atoms with van der Waals surface area (Å²) >= 11 is 0. The van der Waals surface area contributed by atoms with Crippen molar-refractivity contribution in [3.05, 3.63) is 23.9 Å². The Morgan fingerprint density at radius 3 is 3.20 bits per heavy atom. The Bertz CT molecular complexity index is 382. The van der Waals surface area contributed by atoms with Gasteiger partial charge in [-0.25, -0.2) is 9.78 Å². The van der Waals surface area contributed by atoms with Crippen molar-refractivity contribution in [1.29, 1.82) is 0 Å². The summed E-state index contributed by atoms with van der Waals surface area (Å²) in [5.74, 6) is 2.47. The Hall–Kier alpha value is -2.02. The number of rotatable bonds is 4. The van der Waals surface area contributed by atoms with Crippen LogP contribution in [0, 0.1) is 12.3 Å². The summed E-state index contributed by atoms with van der Waals surface area (Å²) in [6.45, 7) is 2.41. The Balaban J connectivity index is 2.86. The normalized spacial score (nSPS) is 9.07. The van der Waals surface area contributed by atoms with E-state index in [1.165, 1.54) is 0 Å². The lowest BCUT2D eigenvalue weighted by atomic mass is 10.2. The summed E-state index contributed by atoms with van der Waals surface area (Å²) in [7, 11) is 0. The molecule has 4 heteroatoms. The molecule has 4 nitrogen and oxygen atoms in total. The molecule has 0 aliphatic carbocycles. The second-order valence-electron chi connectivity index (χ2n) is 2.68. The summed E-state index contributed by atoms with van der Waals surface area (Å²) in [6, 6.07) is 3.32. The van der Waals surface area contributed by atoms with Gasteiger partial charge in [0.1, 0.15) is 11.4 Å². The van der Waals surface area contributed by atoms with E-state index in [4.69, 9.17) is 11.2 Å². The van der Waals surface area contributed by atoms with Gasteiger partial charge in [-0.15, -0.1) is 6.42 Å². The number of aromatic nitrogens is 1. The predicted molar refractivity (Wildman–Crippen MR) is 57.5 cm³/mol. The first-order valence-corrected chi connectivity index (χ1v) is 4.59. The smallest absolute Gasteiger partial charge is 0.341 e. The van der Waals surface area contributed by atoms with Gasteiger partial charge in [-0.1, -0.05) is 5.92 Å². The minimum absolute atomic E-state index is 0.323. The Kier molecular flexibility index (Phi) is 4.17. The highest BCUT2D eigenvalue weighted by molar-refractivity contribution is 5.94. The molecule has 0 atom stereocenters. The van der Waals surface area contributed by atoms with Crippen LogP contribution in [0.15, 0.2) is 18.3 Å². The zero-order valence-corrected chi connectivity index (χ0v) is 8.49. The molecule has 0 aliphatic rings. The third-order valence-electron chi connectivity index (χ3n) is 1.66. The van der Waals surface area contributed by atoms with Gasteiger partial charge < -0.3 is 10.1 Å². The van der Waals surface area contributed by atoms with E-state index in [0.717, 1.165) is 0 Å². The van der Waals surface area contributed by atoms with Crippen molar-refractivity contribution in [2.75, 3.05) is 18.5 Å². The monoisotopic (exact) mass is 204 g/mol. The highest BCUT2D eigenvalue weighted by Gasteiger charge is 2.11. The number of pyridine rings is 1. The molecule has 0 amide bonds. The fourth-order valence-electron chi connectivity index (χ4n) is 1.05. The van der Waals surface area contributed by atoms with Crippen molar-refractivity contribution in [2.24, 2.45) is 0 Å². The third-order valence-corrected chi connectivity index (χ3v) is 1.66. The number of terminal acetylenes is 1. The van der Waals surface area contributed by atoms with E-state index in [1.807, 2.05) is 0 Å². The quantitative estimate of drug-likeness (QED) is 0.593. The van der Waals surface area contributed by atoms with Crippen molar-refractivity contribution in [3.63, 3.8) is 0 Å². The van der Waals surface area contributed by atoms with Gasteiger partial charge in [0, 0.05) is 6.20 Å². The molecule has 0 spiro atoms. The Morgan fingerprint density at radius 2 is 2.53 bits per heavy atom. The molecule has 0 aliphatic heterocycles. The van der Waals surface area contributed by atoms with Crippen molar-refractivity contribution in [1.82, 2.24) is 4.98 Å². The van der Waals surface area contributed by atoms with E-state index < -0.39 is 5.97 Å². The molecule has 1 N–H and O–H groups in total. The first-order chi connectivity index (χ1) is 7.29. The molecular formula is C11H12N2O2. The van der Waals surface area contributed by atoms with E-state index in [9.17, 15) is 4.79 Å². The van der Waals surface area contributed by atoms with E-state index >= 15 is 0 Å². The number of anilines is 1. The molecule has 0 bridgehead atoms. The second kappa shape index (κ2) is 5.66. The Labute approximate surface area is 88.7 Å².